The highest BCUT2D eigenvalue weighted by Gasteiger charge is 2.30. The summed E-state index contributed by atoms with van der Waals surface area (Å²) in [7, 11) is 0. The molecular weight excluding hydrogens is 324 g/mol. The lowest BCUT2D eigenvalue weighted by molar-refractivity contribution is -0.113. The summed E-state index contributed by atoms with van der Waals surface area (Å²) in [4.78, 5) is 19.2. The zero-order valence-electron chi connectivity index (χ0n) is 13.9. The van der Waals surface area contributed by atoms with Crippen molar-refractivity contribution in [3.8, 4) is 5.75 Å². The predicted molar refractivity (Wildman–Crippen MR) is 95.3 cm³/mol. The summed E-state index contributed by atoms with van der Waals surface area (Å²) in [5.41, 5.74) is 2.06. The number of thioether (sulfide) groups is 1. The Kier molecular flexibility index (Phi) is 3.89. The molecule has 3 aliphatic heterocycles. The lowest BCUT2D eigenvalue weighted by Crippen LogP contribution is -2.38. The molecule has 1 aromatic carbocycles. The molecule has 3 aliphatic rings. The molecule has 0 N–H and O–H groups in total. The third-order valence-electron chi connectivity index (χ3n) is 4.28. The minimum atomic E-state index is -0.154. The molecule has 1 saturated heterocycles. The molecular formula is C18H20N2O3S. The van der Waals surface area contributed by atoms with Crippen LogP contribution >= 0.6 is 11.8 Å². The van der Waals surface area contributed by atoms with Gasteiger partial charge in [0.1, 0.15) is 11.4 Å². The molecule has 0 aromatic heterocycles. The molecule has 0 saturated carbocycles. The number of amides is 1. The number of hydrogen-bond acceptors (Lipinski definition) is 5. The van der Waals surface area contributed by atoms with Gasteiger partial charge in [-0.3, -0.25) is 4.79 Å². The van der Waals surface area contributed by atoms with Crippen LogP contribution in [0.2, 0.25) is 0 Å². The Morgan fingerprint density at radius 3 is 2.88 bits per heavy atom. The molecule has 5 nitrogen and oxygen atoms in total. The predicted octanol–water partition coefficient (Wildman–Crippen LogP) is 2.70. The Hall–Kier alpha value is -1.79. The first-order chi connectivity index (χ1) is 11.5. The number of carbonyl (C=O) groups is 1. The van der Waals surface area contributed by atoms with Crippen molar-refractivity contribution in [1.82, 2.24) is 4.90 Å². The summed E-state index contributed by atoms with van der Waals surface area (Å²) in [6.07, 6.45) is 2.81. The second-order valence-corrected chi connectivity index (χ2v) is 7.82. The van der Waals surface area contributed by atoms with E-state index < -0.39 is 0 Å². The van der Waals surface area contributed by atoms with Crippen LogP contribution in [0.3, 0.4) is 0 Å². The summed E-state index contributed by atoms with van der Waals surface area (Å²) in [6, 6.07) is 6.09. The number of benzene rings is 1. The minimum absolute atomic E-state index is 0.154. The second kappa shape index (κ2) is 5.93. The summed E-state index contributed by atoms with van der Waals surface area (Å²) in [6.45, 7) is 7.13. The number of carbonyl (C=O) groups excluding carboxylic acids is 1. The molecule has 3 heterocycles. The van der Waals surface area contributed by atoms with Crippen molar-refractivity contribution in [3.05, 3.63) is 34.2 Å². The Balaban J connectivity index is 1.52. The maximum absolute atomic E-state index is 12.2. The molecule has 126 valence electrons. The number of ether oxygens (including phenoxy) is 2. The minimum Gasteiger partial charge on any atom is -0.487 e. The van der Waals surface area contributed by atoms with Crippen molar-refractivity contribution < 1.29 is 14.3 Å². The maximum atomic E-state index is 12.2. The molecule has 4 rings (SSSR count). The van der Waals surface area contributed by atoms with E-state index in [0.717, 1.165) is 36.0 Å². The van der Waals surface area contributed by atoms with E-state index in [9.17, 15) is 4.79 Å². The number of rotatable bonds is 1. The third kappa shape index (κ3) is 3.08. The number of aliphatic imine (C=N–C) groups is 1. The van der Waals surface area contributed by atoms with Gasteiger partial charge < -0.3 is 14.4 Å². The first kappa shape index (κ1) is 15.7. The van der Waals surface area contributed by atoms with Crippen molar-refractivity contribution in [1.29, 1.82) is 0 Å². The first-order valence-corrected chi connectivity index (χ1v) is 8.99. The molecule has 0 radical (unpaired) electrons. The van der Waals surface area contributed by atoms with Crippen molar-refractivity contribution in [2.75, 3.05) is 26.3 Å². The number of fused-ring (bicyclic) bond motifs is 1. The van der Waals surface area contributed by atoms with Crippen molar-refractivity contribution in [3.63, 3.8) is 0 Å². The molecule has 1 fully saturated rings. The van der Waals surface area contributed by atoms with Crippen LogP contribution in [0.15, 0.2) is 28.1 Å². The van der Waals surface area contributed by atoms with Crippen LogP contribution in [0.4, 0.5) is 0 Å². The van der Waals surface area contributed by atoms with Crippen LogP contribution in [-0.2, 0) is 16.0 Å². The summed E-state index contributed by atoms with van der Waals surface area (Å²) in [5, 5.41) is 0.792. The van der Waals surface area contributed by atoms with Gasteiger partial charge >= 0.3 is 0 Å². The fourth-order valence-electron chi connectivity index (χ4n) is 3.16. The van der Waals surface area contributed by atoms with E-state index in [1.54, 1.807) is 0 Å². The molecule has 0 atom stereocenters. The van der Waals surface area contributed by atoms with Gasteiger partial charge in [-0.1, -0.05) is 6.07 Å². The molecule has 0 spiro atoms. The number of nitrogens with zero attached hydrogens (tertiary/aromatic N) is 2. The van der Waals surface area contributed by atoms with Crippen LogP contribution in [0.1, 0.15) is 25.0 Å². The van der Waals surface area contributed by atoms with Gasteiger partial charge in [-0.05, 0) is 54.9 Å². The average Bonchev–Trinajstić information content (AvgIpc) is 3.06. The van der Waals surface area contributed by atoms with Gasteiger partial charge in [0.2, 0.25) is 0 Å². The van der Waals surface area contributed by atoms with Gasteiger partial charge in [-0.25, -0.2) is 0 Å². The van der Waals surface area contributed by atoms with Crippen LogP contribution in [0.25, 0.3) is 6.08 Å². The number of morpholine rings is 1. The van der Waals surface area contributed by atoms with E-state index >= 15 is 0 Å². The molecule has 1 amide bonds. The quantitative estimate of drug-likeness (QED) is 0.733. The van der Waals surface area contributed by atoms with Gasteiger partial charge in [0.25, 0.3) is 5.91 Å². The van der Waals surface area contributed by atoms with E-state index in [-0.39, 0.29) is 11.5 Å². The monoisotopic (exact) mass is 344 g/mol. The van der Waals surface area contributed by atoms with Crippen LogP contribution in [-0.4, -0.2) is 47.9 Å². The number of amidine groups is 1. The molecule has 24 heavy (non-hydrogen) atoms. The van der Waals surface area contributed by atoms with Gasteiger partial charge in [0.15, 0.2) is 5.17 Å². The van der Waals surface area contributed by atoms with Gasteiger partial charge in [0.05, 0.1) is 18.1 Å². The third-order valence-corrected chi connectivity index (χ3v) is 5.32. The van der Waals surface area contributed by atoms with E-state index in [1.807, 2.05) is 18.2 Å². The van der Waals surface area contributed by atoms with E-state index in [1.165, 1.54) is 17.3 Å². The molecule has 0 unspecified atom stereocenters. The summed E-state index contributed by atoms with van der Waals surface area (Å²) >= 11 is 1.45. The Morgan fingerprint density at radius 1 is 1.29 bits per heavy atom. The molecule has 0 aliphatic carbocycles. The maximum Gasteiger partial charge on any atom is 0.286 e. The van der Waals surface area contributed by atoms with Crippen molar-refractivity contribution in [2.45, 2.75) is 25.9 Å². The van der Waals surface area contributed by atoms with E-state index in [0.29, 0.717) is 18.1 Å². The Bertz CT molecular complexity index is 749. The molecule has 1 aromatic rings. The van der Waals surface area contributed by atoms with Crippen LogP contribution in [0, 0.1) is 0 Å². The highest BCUT2D eigenvalue weighted by atomic mass is 32.2. The van der Waals surface area contributed by atoms with E-state index in [2.05, 4.69) is 29.8 Å². The Labute approximate surface area is 145 Å². The highest BCUT2D eigenvalue weighted by molar-refractivity contribution is 8.18. The van der Waals surface area contributed by atoms with Gasteiger partial charge in [-0.2, -0.15) is 4.99 Å². The van der Waals surface area contributed by atoms with Gasteiger partial charge in [0, 0.05) is 19.5 Å². The lowest BCUT2D eigenvalue weighted by Gasteiger charge is -2.27. The standard InChI is InChI=1S/C18H20N2O3S/c1-18(2)11-13-9-12(3-4-14(13)23-18)10-15-16(21)19-17(24-15)20-5-7-22-8-6-20/h3-4,9-10H,5-8,11H2,1-2H3/b15-10+. The van der Waals surface area contributed by atoms with Crippen molar-refractivity contribution in [2.24, 2.45) is 4.99 Å². The first-order valence-electron chi connectivity index (χ1n) is 8.17. The SMILES string of the molecule is CC1(C)Cc2cc(/C=C3/SC(N4CCOCC4)=NC3=O)ccc2O1. The topological polar surface area (TPSA) is 51.1 Å². The van der Waals surface area contributed by atoms with Crippen LogP contribution < -0.4 is 4.74 Å². The zero-order chi connectivity index (χ0) is 16.7. The molecule has 0 bridgehead atoms. The highest BCUT2D eigenvalue weighted by Crippen LogP contribution is 2.36. The largest absolute Gasteiger partial charge is 0.487 e. The fourth-order valence-corrected chi connectivity index (χ4v) is 4.12. The smallest absolute Gasteiger partial charge is 0.286 e. The van der Waals surface area contributed by atoms with Crippen molar-refractivity contribution >= 4 is 28.9 Å². The number of hydrogen-bond donors (Lipinski definition) is 0. The average molecular weight is 344 g/mol. The zero-order valence-corrected chi connectivity index (χ0v) is 14.7. The van der Waals surface area contributed by atoms with Gasteiger partial charge in [-0.15, -0.1) is 0 Å². The normalized spacial score (nSPS) is 24.1. The Morgan fingerprint density at radius 2 is 2.08 bits per heavy atom. The summed E-state index contributed by atoms with van der Waals surface area (Å²) in [5.74, 6) is 0.788. The lowest BCUT2D eigenvalue weighted by atomic mass is 10.00. The fraction of sp³-hybridized carbons (Fsp3) is 0.444. The second-order valence-electron chi connectivity index (χ2n) is 6.82. The molecule has 6 heteroatoms. The van der Waals surface area contributed by atoms with Crippen LogP contribution in [0.5, 0.6) is 5.75 Å². The summed E-state index contributed by atoms with van der Waals surface area (Å²) < 4.78 is 11.3. The van der Waals surface area contributed by atoms with E-state index in [4.69, 9.17) is 9.47 Å².